The molecule has 0 bridgehead atoms. The molecule has 0 N–H and O–H groups in total. The van der Waals surface area contributed by atoms with Crippen LogP contribution in [0, 0.1) is 27.7 Å². The minimum Gasteiger partial charge on any atom is -0.246 e. The third kappa shape index (κ3) is 4.65. The van der Waals surface area contributed by atoms with Crippen LogP contribution in [0.15, 0.2) is 91.0 Å². The second-order valence-corrected chi connectivity index (χ2v) is 8.98. The molecule has 0 saturated carbocycles. The summed E-state index contributed by atoms with van der Waals surface area (Å²) in [5, 5.41) is 0. The van der Waals surface area contributed by atoms with Crippen molar-refractivity contribution < 1.29 is 0 Å². The van der Waals surface area contributed by atoms with E-state index in [1.165, 1.54) is 22.3 Å². The quantitative estimate of drug-likeness (QED) is 0.286. The lowest BCUT2D eigenvalue weighted by Crippen LogP contribution is -1.95. The zero-order chi connectivity index (χ0) is 23.7. The van der Waals surface area contributed by atoms with E-state index in [-0.39, 0.29) is 0 Å². The molecule has 3 heterocycles. The van der Waals surface area contributed by atoms with Gasteiger partial charge in [-0.3, -0.25) is 0 Å². The summed E-state index contributed by atoms with van der Waals surface area (Å²) < 4.78 is 0. The monoisotopic (exact) mass is 441 g/mol. The lowest BCUT2D eigenvalue weighted by atomic mass is 10.0. The van der Waals surface area contributed by atoms with Crippen molar-refractivity contribution >= 4 is 0 Å². The van der Waals surface area contributed by atoms with Crippen LogP contribution >= 0.6 is 0 Å². The van der Waals surface area contributed by atoms with Crippen molar-refractivity contribution in [1.82, 2.24) is 15.0 Å². The summed E-state index contributed by atoms with van der Waals surface area (Å²) >= 11 is 0. The summed E-state index contributed by atoms with van der Waals surface area (Å²) in [6.45, 7) is 8.46. The third-order valence-electron chi connectivity index (χ3n) is 5.81. The Labute approximate surface area is 201 Å². The van der Waals surface area contributed by atoms with Crippen LogP contribution in [0.1, 0.15) is 22.3 Å². The molecule has 0 radical (unpaired) electrons. The lowest BCUT2D eigenvalue weighted by Gasteiger charge is -2.09. The maximum Gasteiger partial charge on any atom is 0.0894 e. The number of rotatable bonds is 4. The molecule has 0 spiro atoms. The first kappa shape index (κ1) is 21.7. The zero-order valence-corrected chi connectivity index (χ0v) is 20.0. The van der Waals surface area contributed by atoms with Gasteiger partial charge in [0.05, 0.1) is 34.2 Å². The van der Waals surface area contributed by atoms with Crippen molar-refractivity contribution in [2.24, 2.45) is 0 Å². The van der Waals surface area contributed by atoms with Gasteiger partial charge in [0.1, 0.15) is 0 Å². The van der Waals surface area contributed by atoms with Crippen molar-refractivity contribution in [3.8, 4) is 45.3 Å². The Hall–Kier alpha value is -4.11. The van der Waals surface area contributed by atoms with Gasteiger partial charge in [0.2, 0.25) is 0 Å². The molecular formula is C31H27N3. The van der Waals surface area contributed by atoms with Crippen LogP contribution in [0.4, 0.5) is 0 Å². The van der Waals surface area contributed by atoms with Gasteiger partial charge in [-0.25, -0.2) is 15.0 Å². The van der Waals surface area contributed by atoms with Crippen LogP contribution in [-0.2, 0) is 0 Å². The highest BCUT2D eigenvalue weighted by molar-refractivity contribution is 5.69. The Morgan fingerprint density at radius 1 is 0.353 bits per heavy atom. The van der Waals surface area contributed by atoms with Crippen LogP contribution in [-0.4, -0.2) is 15.0 Å². The van der Waals surface area contributed by atoms with Gasteiger partial charge >= 0.3 is 0 Å². The highest BCUT2D eigenvalue weighted by Crippen LogP contribution is 2.27. The molecule has 5 aromatic rings. The molecule has 5 rings (SSSR count). The predicted molar refractivity (Wildman–Crippen MR) is 141 cm³/mol. The van der Waals surface area contributed by atoms with Gasteiger partial charge in [-0.1, -0.05) is 52.6 Å². The second kappa shape index (κ2) is 9.03. The van der Waals surface area contributed by atoms with Crippen LogP contribution in [0.2, 0.25) is 0 Å². The normalized spacial score (nSPS) is 10.9. The molecule has 0 saturated heterocycles. The molecule has 3 aromatic heterocycles. The van der Waals surface area contributed by atoms with Crippen molar-refractivity contribution in [3.05, 3.63) is 113 Å². The van der Waals surface area contributed by atoms with E-state index in [1.807, 2.05) is 42.5 Å². The highest BCUT2D eigenvalue weighted by atomic mass is 14.8. The van der Waals surface area contributed by atoms with Gasteiger partial charge in [0.25, 0.3) is 0 Å². The number of hydrogen-bond acceptors (Lipinski definition) is 3. The van der Waals surface area contributed by atoms with Crippen LogP contribution in [0.5, 0.6) is 0 Å². The van der Waals surface area contributed by atoms with Crippen molar-refractivity contribution in [3.63, 3.8) is 0 Å². The molecule has 166 valence electrons. The standard InChI is InChI=1S/C31H27N3/c1-20-14-21(2)17-24(16-20)26-8-5-10-28(32-26)30-12-7-13-31(34-30)29-11-6-9-27(33-29)25-18-22(3)15-23(4)19-25/h5-19H,1-4H3. The van der Waals surface area contributed by atoms with E-state index in [0.717, 1.165) is 45.3 Å². The van der Waals surface area contributed by atoms with E-state index in [2.05, 4.69) is 76.2 Å². The van der Waals surface area contributed by atoms with E-state index in [1.54, 1.807) is 0 Å². The SMILES string of the molecule is Cc1cc(C)cc(-c2cccc(-c3cccc(-c4cccc(-c5cc(C)cc(C)c5)n4)n3)n2)c1. The molecule has 2 aromatic carbocycles. The molecule has 34 heavy (non-hydrogen) atoms. The highest BCUT2D eigenvalue weighted by Gasteiger charge is 2.10. The minimum absolute atomic E-state index is 0.835. The van der Waals surface area contributed by atoms with Crippen molar-refractivity contribution in [2.75, 3.05) is 0 Å². The first-order chi connectivity index (χ1) is 16.4. The molecular weight excluding hydrogens is 414 g/mol. The van der Waals surface area contributed by atoms with Crippen molar-refractivity contribution in [2.45, 2.75) is 27.7 Å². The Bertz CT molecular complexity index is 1350. The fraction of sp³-hybridized carbons (Fsp3) is 0.129. The number of pyridine rings is 3. The summed E-state index contributed by atoms with van der Waals surface area (Å²) in [6, 6.07) is 31.3. The predicted octanol–water partition coefficient (Wildman–Crippen LogP) is 7.77. The van der Waals surface area contributed by atoms with E-state index >= 15 is 0 Å². The number of aromatic nitrogens is 3. The molecule has 0 aliphatic carbocycles. The van der Waals surface area contributed by atoms with E-state index < -0.39 is 0 Å². The van der Waals surface area contributed by atoms with E-state index in [4.69, 9.17) is 15.0 Å². The molecule has 0 aliphatic heterocycles. The van der Waals surface area contributed by atoms with Gasteiger partial charge < -0.3 is 0 Å². The van der Waals surface area contributed by atoms with Gasteiger partial charge in [0, 0.05) is 11.1 Å². The second-order valence-electron chi connectivity index (χ2n) is 8.98. The van der Waals surface area contributed by atoms with Crippen LogP contribution in [0.3, 0.4) is 0 Å². The zero-order valence-electron chi connectivity index (χ0n) is 20.0. The molecule has 0 aliphatic rings. The van der Waals surface area contributed by atoms with E-state index in [9.17, 15) is 0 Å². The molecule has 0 atom stereocenters. The average Bonchev–Trinajstić information content (AvgIpc) is 2.83. The Kier molecular flexibility index (Phi) is 5.77. The van der Waals surface area contributed by atoms with Crippen LogP contribution in [0.25, 0.3) is 45.3 Å². The Morgan fingerprint density at radius 2 is 0.618 bits per heavy atom. The maximum atomic E-state index is 4.93. The summed E-state index contributed by atoms with van der Waals surface area (Å²) in [7, 11) is 0. The summed E-state index contributed by atoms with van der Waals surface area (Å²) in [5.74, 6) is 0. The topological polar surface area (TPSA) is 38.7 Å². The first-order valence-corrected chi connectivity index (χ1v) is 11.5. The molecule has 0 amide bonds. The van der Waals surface area contributed by atoms with Gasteiger partial charge in [0.15, 0.2) is 0 Å². The minimum atomic E-state index is 0.835. The van der Waals surface area contributed by atoms with Crippen molar-refractivity contribution in [1.29, 1.82) is 0 Å². The van der Waals surface area contributed by atoms with Crippen LogP contribution < -0.4 is 0 Å². The molecule has 0 fully saturated rings. The van der Waals surface area contributed by atoms with Gasteiger partial charge in [-0.2, -0.15) is 0 Å². The number of aryl methyl sites for hydroxylation is 4. The third-order valence-corrected chi connectivity index (χ3v) is 5.81. The Balaban J connectivity index is 1.52. The number of benzene rings is 2. The summed E-state index contributed by atoms with van der Waals surface area (Å²) in [5.41, 5.74) is 12.5. The largest absolute Gasteiger partial charge is 0.246 e. The molecule has 3 heteroatoms. The van der Waals surface area contributed by atoms with Gasteiger partial charge in [-0.05, 0) is 88.4 Å². The molecule has 3 nitrogen and oxygen atoms in total. The fourth-order valence-electron chi connectivity index (χ4n) is 4.44. The maximum absolute atomic E-state index is 4.93. The fourth-order valence-corrected chi connectivity index (χ4v) is 4.44. The molecule has 0 unspecified atom stereocenters. The first-order valence-electron chi connectivity index (χ1n) is 11.5. The number of hydrogen-bond donors (Lipinski definition) is 0. The average molecular weight is 442 g/mol. The Morgan fingerprint density at radius 3 is 0.941 bits per heavy atom. The number of nitrogens with zero attached hydrogens (tertiary/aromatic N) is 3. The van der Waals surface area contributed by atoms with E-state index in [0.29, 0.717) is 0 Å². The lowest BCUT2D eigenvalue weighted by molar-refractivity contribution is 1.22. The summed E-state index contributed by atoms with van der Waals surface area (Å²) in [4.78, 5) is 14.8. The van der Waals surface area contributed by atoms with Gasteiger partial charge in [-0.15, -0.1) is 0 Å². The summed E-state index contributed by atoms with van der Waals surface area (Å²) in [6.07, 6.45) is 0. The smallest absolute Gasteiger partial charge is 0.0894 e.